The molecule has 2 aromatic rings. The second-order valence-electron chi connectivity index (χ2n) is 4.75. The first kappa shape index (κ1) is 13.4. The summed E-state index contributed by atoms with van der Waals surface area (Å²) in [4.78, 5) is 0. The predicted octanol–water partition coefficient (Wildman–Crippen LogP) is 5.29. The normalized spacial score (nSPS) is 16.3. The van der Waals surface area contributed by atoms with Gasteiger partial charge in [0.05, 0.1) is 0 Å². The van der Waals surface area contributed by atoms with Crippen LogP contribution in [0.1, 0.15) is 12.0 Å². The molecule has 0 saturated heterocycles. The van der Waals surface area contributed by atoms with Gasteiger partial charge in [0.25, 0.3) is 6.01 Å². The molecule has 104 valence electrons. The number of halogens is 1. The van der Waals surface area contributed by atoms with Gasteiger partial charge in [-0.15, -0.1) is 0 Å². The summed E-state index contributed by atoms with van der Waals surface area (Å²) in [5.41, 5.74) is 2.43. The lowest BCUT2D eigenvalue weighted by molar-refractivity contribution is 0.296. The van der Waals surface area contributed by atoms with E-state index in [-0.39, 0.29) is 0 Å². The Hall–Kier alpha value is -2.61. The van der Waals surface area contributed by atoms with E-state index >= 15 is 0 Å². The highest BCUT2D eigenvalue weighted by Gasteiger charge is 2.16. The van der Waals surface area contributed by atoms with Gasteiger partial charge in [-0.3, -0.25) is 0 Å². The van der Waals surface area contributed by atoms with Crippen molar-refractivity contribution >= 4 is 5.57 Å². The fourth-order valence-electron chi connectivity index (χ4n) is 2.29. The van der Waals surface area contributed by atoms with E-state index in [1.807, 2.05) is 66.8 Å². The molecule has 2 aromatic carbocycles. The summed E-state index contributed by atoms with van der Waals surface area (Å²) in [7, 11) is 0. The number of para-hydroxylation sites is 1. The number of hydrogen-bond donors (Lipinski definition) is 0. The molecule has 0 atom stereocenters. The van der Waals surface area contributed by atoms with E-state index < -0.39 is 6.01 Å². The zero-order chi connectivity index (χ0) is 14.5. The van der Waals surface area contributed by atoms with Crippen molar-refractivity contribution < 1.29 is 9.13 Å². The molecule has 1 aliphatic rings. The molecule has 0 spiro atoms. The summed E-state index contributed by atoms with van der Waals surface area (Å²) in [6, 6.07) is 18.2. The van der Waals surface area contributed by atoms with Crippen LogP contribution >= 0.6 is 0 Å². The van der Waals surface area contributed by atoms with E-state index in [4.69, 9.17) is 4.74 Å². The molecule has 0 saturated carbocycles. The molecule has 0 aromatic heterocycles. The third kappa shape index (κ3) is 3.11. The van der Waals surface area contributed by atoms with E-state index in [0.717, 1.165) is 11.1 Å². The monoisotopic (exact) mass is 278 g/mol. The topological polar surface area (TPSA) is 9.23 Å². The van der Waals surface area contributed by atoms with Crippen LogP contribution in [0.2, 0.25) is 0 Å². The molecule has 0 aliphatic heterocycles. The highest BCUT2D eigenvalue weighted by Crippen LogP contribution is 2.32. The van der Waals surface area contributed by atoms with Crippen molar-refractivity contribution in [2.24, 2.45) is 0 Å². The zero-order valence-electron chi connectivity index (χ0n) is 11.5. The molecule has 0 radical (unpaired) electrons. The van der Waals surface area contributed by atoms with Crippen molar-refractivity contribution in [3.05, 3.63) is 96.0 Å². The number of rotatable bonds is 3. The molecule has 21 heavy (non-hydrogen) atoms. The minimum atomic E-state index is -0.541. The Kier molecular flexibility index (Phi) is 3.97. The zero-order valence-corrected chi connectivity index (χ0v) is 11.5. The van der Waals surface area contributed by atoms with E-state index in [1.54, 1.807) is 12.1 Å². The van der Waals surface area contributed by atoms with Crippen LogP contribution in [0.15, 0.2) is 90.5 Å². The molecule has 2 heteroatoms. The average molecular weight is 278 g/mol. The Morgan fingerprint density at radius 2 is 1.57 bits per heavy atom. The smallest absolute Gasteiger partial charge is 0.282 e. The van der Waals surface area contributed by atoms with Gasteiger partial charge >= 0.3 is 0 Å². The fourth-order valence-corrected chi connectivity index (χ4v) is 2.29. The Morgan fingerprint density at radius 3 is 2.29 bits per heavy atom. The lowest BCUT2D eigenvalue weighted by atomic mass is 9.93. The predicted molar refractivity (Wildman–Crippen MR) is 83.4 cm³/mol. The maximum absolute atomic E-state index is 14.5. The Bertz CT molecular complexity index is 697. The summed E-state index contributed by atoms with van der Waals surface area (Å²) in [6.07, 6.45) is 6.32. The van der Waals surface area contributed by atoms with Gasteiger partial charge < -0.3 is 4.74 Å². The quantitative estimate of drug-likeness (QED) is 0.693. The molecule has 3 rings (SSSR count). The SMILES string of the molecule is FC(Oc1ccccc1)=C1CC=CC=C1c1ccccc1. The second-order valence-corrected chi connectivity index (χ2v) is 4.75. The van der Waals surface area contributed by atoms with Crippen molar-refractivity contribution in [1.82, 2.24) is 0 Å². The molecular formula is C19H15FO. The van der Waals surface area contributed by atoms with Crippen LogP contribution in [0, 0.1) is 0 Å². The minimum Gasteiger partial charge on any atom is -0.431 e. The lowest BCUT2D eigenvalue weighted by Gasteiger charge is -2.15. The molecule has 0 amide bonds. The van der Waals surface area contributed by atoms with Gasteiger partial charge in [0.15, 0.2) is 0 Å². The maximum Gasteiger partial charge on any atom is 0.282 e. The Labute approximate surface area is 123 Å². The number of hydrogen-bond acceptors (Lipinski definition) is 1. The van der Waals surface area contributed by atoms with Crippen LogP contribution in [0.25, 0.3) is 5.57 Å². The molecular weight excluding hydrogens is 263 g/mol. The van der Waals surface area contributed by atoms with Crippen molar-refractivity contribution in [1.29, 1.82) is 0 Å². The molecule has 0 fully saturated rings. The van der Waals surface area contributed by atoms with E-state index in [0.29, 0.717) is 17.7 Å². The van der Waals surface area contributed by atoms with Gasteiger partial charge in [0.2, 0.25) is 0 Å². The first-order valence-electron chi connectivity index (χ1n) is 6.89. The van der Waals surface area contributed by atoms with Crippen LogP contribution in [0.4, 0.5) is 4.39 Å². The van der Waals surface area contributed by atoms with Gasteiger partial charge in [0.1, 0.15) is 5.75 Å². The van der Waals surface area contributed by atoms with Crippen molar-refractivity contribution in [2.75, 3.05) is 0 Å². The summed E-state index contributed by atoms with van der Waals surface area (Å²) < 4.78 is 19.8. The Balaban J connectivity index is 1.94. The van der Waals surface area contributed by atoms with Gasteiger partial charge in [-0.1, -0.05) is 66.8 Å². The molecule has 1 aliphatic carbocycles. The van der Waals surface area contributed by atoms with E-state index in [9.17, 15) is 4.39 Å². The maximum atomic E-state index is 14.5. The largest absolute Gasteiger partial charge is 0.431 e. The molecule has 1 nitrogen and oxygen atoms in total. The van der Waals surface area contributed by atoms with Gasteiger partial charge in [-0.2, -0.15) is 4.39 Å². The second kappa shape index (κ2) is 6.23. The standard InChI is InChI=1S/C19H15FO/c20-19(21-16-11-5-2-6-12-16)18-14-8-7-13-17(18)15-9-3-1-4-10-15/h1-13H,14H2. The van der Waals surface area contributed by atoms with Crippen LogP contribution < -0.4 is 4.74 Å². The fraction of sp³-hybridized carbons (Fsp3) is 0.0526. The highest BCUT2D eigenvalue weighted by atomic mass is 19.1. The number of benzene rings is 2. The first-order valence-corrected chi connectivity index (χ1v) is 6.89. The summed E-state index contributed by atoms with van der Waals surface area (Å²) >= 11 is 0. The number of allylic oxidation sites excluding steroid dienone is 5. The van der Waals surface area contributed by atoms with Crippen LogP contribution in [0.3, 0.4) is 0 Å². The highest BCUT2D eigenvalue weighted by molar-refractivity contribution is 5.81. The first-order chi connectivity index (χ1) is 10.3. The third-order valence-corrected chi connectivity index (χ3v) is 3.32. The molecule has 0 heterocycles. The molecule has 0 bridgehead atoms. The minimum absolute atomic E-state index is 0.504. The summed E-state index contributed by atoms with van der Waals surface area (Å²) in [5.74, 6) is 0.504. The van der Waals surface area contributed by atoms with Gasteiger partial charge in [-0.05, 0) is 29.7 Å². The molecule has 0 N–H and O–H groups in total. The molecule has 0 unspecified atom stereocenters. The van der Waals surface area contributed by atoms with E-state index in [1.165, 1.54) is 0 Å². The van der Waals surface area contributed by atoms with Crippen molar-refractivity contribution in [3.63, 3.8) is 0 Å². The average Bonchev–Trinajstić information content (AvgIpc) is 2.56. The lowest BCUT2D eigenvalue weighted by Crippen LogP contribution is -2.00. The van der Waals surface area contributed by atoms with E-state index in [2.05, 4.69) is 0 Å². The van der Waals surface area contributed by atoms with Gasteiger partial charge in [-0.25, -0.2) is 0 Å². The van der Waals surface area contributed by atoms with Crippen LogP contribution in [0.5, 0.6) is 5.75 Å². The summed E-state index contributed by atoms with van der Waals surface area (Å²) in [6.45, 7) is 0. The van der Waals surface area contributed by atoms with Crippen LogP contribution in [-0.4, -0.2) is 0 Å². The van der Waals surface area contributed by atoms with Crippen LogP contribution in [-0.2, 0) is 0 Å². The van der Waals surface area contributed by atoms with Crippen molar-refractivity contribution in [3.8, 4) is 5.75 Å². The Morgan fingerprint density at radius 1 is 0.905 bits per heavy atom. The third-order valence-electron chi connectivity index (χ3n) is 3.32. The summed E-state index contributed by atoms with van der Waals surface area (Å²) in [5, 5.41) is 0. The van der Waals surface area contributed by atoms with Crippen molar-refractivity contribution in [2.45, 2.75) is 6.42 Å². The number of ether oxygens (including phenoxy) is 1. The van der Waals surface area contributed by atoms with Gasteiger partial charge in [0, 0.05) is 5.57 Å².